The van der Waals surface area contributed by atoms with Gasteiger partial charge in [-0.1, -0.05) is 13.8 Å². The van der Waals surface area contributed by atoms with E-state index in [1.54, 1.807) is 6.20 Å². The highest BCUT2D eigenvalue weighted by Crippen LogP contribution is 2.20. The Balaban J connectivity index is 2.97. The molecule has 0 fully saturated rings. The number of ether oxygens (including phenoxy) is 1. The number of aliphatic carboxylic acids is 1. The molecule has 106 valence electrons. The molecule has 7 heteroatoms. The second-order valence-corrected chi connectivity index (χ2v) is 4.71. The maximum absolute atomic E-state index is 11.7. The van der Waals surface area contributed by atoms with Gasteiger partial charge in [-0.25, -0.2) is 4.79 Å². The number of hydrogen-bond donors (Lipinski definition) is 2. The van der Waals surface area contributed by atoms with Gasteiger partial charge in [0.2, 0.25) is 0 Å². The van der Waals surface area contributed by atoms with Crippen molar-refractivity contribution < 1.29 is 19.4 Å². The third kappa shape index (κ3) is 3.78. The molecule has 0 amide bonds. The van der Waals surface area contributed by atoms with Crippen LogP contribution in [-0.2, 0) is 14.3 Å². The fourth-order valence-electron chi connectivity index (χ4n) is 1.71. The van der Waals surface area contributed by atoms with Crippen LogP contribution in [0.5, 0.6) is 0 Å². The summed E-state index contributed by atoms with van der Waals surface area (Å²) in [7, 11) is 1.31. The van der Waals surface area contributed by atoms with Gasteiger partial charge in [0.15, 0.2) is 0 Å². The smallest absolute Gasteiger partial charge is 0.330 e. The number of carbonyl (C=O) groups is 2. The maximum Gasteiger partial charge on any atom is 0.330 e. The Morgan fingerprint density at radius 1 is 1.53 bits per heavy atom. The van der Waals surface area contributed by atoms with Crippen molar-refractivity contribution in [1.29, 1.82) is 0 Å². The number of nitrogens with zero attached hydrogens (tertiary/aromatic N) is 2. The minimum atomic E-state index is -1.20. The molecule has 0 radical (unpaired) electrons. The van der Waals surface area contributed by atoms with Gasteiger partial charge in [-0.05, 0) is 18.4 Å². The number of aromatic nitrogens is 2. The van der Waals surface area contributed by atoms with Crippen molar-refractivity contribution in [3.05, 3.63) is 18.0 Å². The highest BCUT2D eigenvalue weighted by Gasteiger charge is 2.25. The lowest BCUT2D eigenvalue weighted by molar-refractivity contribution is -0.145. The molecule has 0 unspecified atom stereocenters. The van der Waals surface area contributed by atoms with Crippen LogP contribution in [0.3, 0.4) is 0 Å². The van der Waals surface area contributed by atoms with Crippen molar-refractivity contribution in [2.24, 2.45) is 11.7 Å². The third-order valence-electron chi connectivity index (χ3n) is 2.70. The first-order chi connectivity index (χ1) is 8.86. The molecular formula is C12H19N3O4. The minimum Gasteiger partial charge on any atom is -0.480 e. The zero-order valence-corrected chi connectivity index (χ0v) is 11.2. The van der Waals surface area contributed by atoms with Crippen LogP contribution in [0.15, 0.2) is 12.3 Å². The van der Waals surface area contributed by atoms with Crippen molar-refractivity contribution >= 4 is 11.9 Å². The molecule has 1 heterocycles. The SMILES string of the molecule is COC(=O)[C@H](CC(C)C)n1ccc([C@@H](N)C(=O)O)n1. The molecular weight excluding hydrogens is 250 g/mol. The monoisotopic (exact) mass is 269 g/mol. The highest BCUT2D eigenvalue weighted by atomic mass is 16.5. The molecule has 1 aromatic heterocycles. The van der Waals surface area contributed by atoms with E-state index in [4.69, 9.17) is 15.6 Å². The fourth-order valence-corrected chi connectivity index (χ4v) is 1.71. The van der Waals surface area contributed by atoms with Gasteiger partial charge < -0.3 is 15.6 Å². The Bertz CT molecular complexity index is 456. The quantitative estimate of drug-likeness (QED) is 0.737. The normalized spacial score (nSPS) is 14.2. The summed E-state index contributed by atoms with van der Waals surface area (Å²) in [6, 6.07) is -0.270. The van der Waals surface area contributed by atoms with E-state index in [-0.39, 0.29) is 11.6 Å². The van der Waals surface area contributed by atoms with Crippen molar-refractivity contribution in [1.82, 2.24) is 9.78 Å². The van der Waals surface area contributed by atoms with E-state index in [1.807, 2.05) is 13.8 Å². The summed E-state index contributed by atoms with van der Waals surface area (Å²) in [5.41, 5.74) is 5.68. The number of hydrogen-bond acceptors (Lipinski definition) is 5. The number of rotatable bonds is 6. The summed E-state index contributed by atoms with van der Waals surface area (Å²) in [5, 5.41) is 12.9. The van der Waals surface area contributed by atoms with Crippen LogP contribution in [0.2, 0.25) is 0 Å². The summed E-state index contributed by atoms with van der Waals surface area (Å²) in [6.45, 7) is 3.95. The lowest BCUT2D eigenvalue weighted by atomic mass is 10.0. The van der Waals surface area contributed by atoms with Crippen molar-refractivity contribution in [3.8, 4) is 0 Å². The molecule has 2 atom stereocenters. The van der Waals surface area contributed by atoms with Gasteiger partial charge in [0.25, 0.3) is 0 Å². The van der Waals surface area contributed by atoms with Gasteiger partial charge in [0.05, 0.1) is 12.8 Å². The summed E-state index contributed by atoms with van der Waals surface area (Å²) in [6.07, 6.45) is 2.10. The average Bonchev–Trinajstić information content (AvgIpc) is 2.82. The molecule has 0 aliphatic rings. The molecule has 0 aromatic carbocycles. The zero-order valence-electron chi connectivity index (χ0n) is 11.2. The van der Waals surface area contributed by atoms with Gasteiger partial charge >= 0.3 is 11.9 Å². The average molecular weight is 269 g/mol. The van der Waals surface area contributed by atoms with E-state index >= 15 is 0 Å². The van der Waals surface area contributed by atoms with E-state index < -0.39 is 24.0 Å². The molecule has 0 saturated heterocycles. The zero-order chi connectivity index (χ0) is 14.6. The Kier molecular flexibility index (Phi) is 5.05. The van der Waals surface area contributed by atoms with Crippen LogP contribution in [0, 0.1) is 5.92 Å². The van der Waals surface area contributed by atoms with Crippen LogP contribution in [0.1, 0.15) is 38.0 Å². The van der Waals surface area contributed by atoms with Crippen LogP contribution < -0.4 is 5.73 Å². The van der Waals surface area contributed by atoms with Crippen LogP contribution in [-0.4, -0.2) is 33.9 Å². The first-order valence-corrected chi connectivity index (χ1v) is 5.98. The number of esters is 1. The van der Waals surface area contributed by atoms with Crippen molar-refractivity contribution in [3.63, 3.8) is 0 Å². The molecule has 1 rings (SSSR count). The van der Waals surface area contributed by atoms with E-state index in [9.17, 15) is 9.59 Å². The predicted octanol–water partition coefficient (Wildman–Crippen LogP) is 0.728. The topological polar surface area (TPSA) is 107 Å². The van der Waals surface area contributed by atoms with Gasteiger partial charge in [0.1, 0.15) is 12.1 Å². The number of methoxy groups -OCH3 is 1. The summed E-state index contributed by atoms with van der Waals surface area (Å²) >= 11 is 0. The Morgan fingerprint density at radius 3 is 2.63 bits per heavy atom. The Labute approximate surface area is 111 Å². The lowest BCUT2D eigenvalue weighted by Crippen LogP contribution is -2.25. The van der Waals surface area contributed by atoms with E-state index in [0.717, 1.165) is 0 Å². The van der Waals surface area contributed by atoms with E-state index in [2.05, 4.69) is 5.10 Å². The number of carbonyl (C=O) groups excluding carboxylic acids is 1. The van der Waals surface area contributed by atoms with Crippen molar-refractivity contribution in [2.45, 2.75) is 32.4 Å². The summed E-state index contributed by atoms with van der Waals surface area (Å²) in [4.78, 5) is 22.5. The van der Waals surface area contributed by atoms with Crippen LogP contribution in [0.4, 0.5) is 0 Å². The summed E-state index contributed by atoms with van der Waals surface area (Å²) in [5.74, 6) is -1.30. The molecule has 0 saturated carbocycles. The van der Waals surface area contributed by atoms with Gasteiger partial charge in [-0.2, -0.15) is 5.10 Å². The lowest BCUT2D eigenvalue weighted by Gasteiger charge is -2.17. The first kappa shape index (κ1) is 15.2. The van der Waals surface area contributed by atoms with Gasteiger partial charge in [0, 0.05) is 6.20 Å². The fraction of sp³-hybridized carbons (Fsp3) is 0.583. The molecule has 1 aromatic rings. The molecule has 0 aliphatic carbocycles. The maximum atomic E-state index is 11.7. The Morgan fingerprint density at radius 2 is 2.16 bits per heavy atom. The summed E-state index contributed by atoms with van der Waals surface area (Å²) < 4.78 is 6.14. The Hall–Kier alpha value is -1.89. The second-order valence-electron chi connectivity index (χ2n) is 4.71. The van der Waals surface area contributed by atoms with Gasteiger partial charge in [-0.3, -0.25) is 9.48 Å². The van der Waals surface area contributed by atoms with Crippen LogP contribution in [0.25, 0.3) is 0 Å². The van der Waals surface area contributed by atoms with Crippen molar-refractivity contribution in [2.75, 3.05) is 7.11 Å². The molecule has 0 aliphatic heterocycles. The largest absolute Gasteiger partial charge is 0.480 e. The molecule has 19 heavy (non-hydrogen) atoms. The van der Waals surface area contributed by atoms with Crippen LogP contribution >= 0.6 is 0 Å². The number of carboxylic acids is 1. The first-order valence-electron chi connectivity index (χ1n) is 5.98. The standard InChI is InChI=1S/C12H19N3O4/c1-7(2)6-9(12(18)19-3)15-5-4-8(14-15)10(13)11(16)17/h4-5,7,9-10H,6,13H2,1-3H3,(H,16,17)/t9-,10+/m0/s1. The van der Waals surface area contributed by atoms with E-state index in [0.29, 0.717) is 6.42 Å². The number of carboxylic acid groups (broad SMARTS) is 1. The third-order valence-corrected chi connectivity index (χ3v) is 2.70. The predicted molar refractivity (Wildman–Crippen MR) is 67.3 cm³/mol. The highest BCUT2D eigenvalue weighted by molar-refractivity contribution is 5.75. The minimum absolute atomic E-state index is 0.213. The second kappa shape index (κ2) is 6.33. The van der Waals surface area contributed by atoms with E-state index in [1.165, 1.54) is 17.9 Å². The number of nitrogens with two attached hydrogens (primary N) is 1. The molecule has 3 N–H and O–H groups in total. The molecule has 7 nitrogen and oxygen atoms in total. The van der Waals surface area contributed by atoms with Gasteiger partial charge in [-0.15, -0.1) is 0 Å². The molecule has 0 bridgehead atoms. The molecule has 0 spiro atoms.